The van der Waals surface area contributed by atoms with Crippen molar-refractivity contribution in [3.8, 4) is 23.0 Å². The van der Waals surface area contributed by atoms with Crippen molar-refractivity contribution in [1.29, 1.82) is 0 Å². The van der Waals surface area contributed by atoms with Crippen molar-refractivity contribution in [3.05, 3.63) is 83.7 Å². The van der Waals surface area contributed by atoms with Gasteiger partial charge in [-0.1, -0.05) is 36.4 Å². The van der Waals surface area contributed by atoms with Crippen molar-refractivity contribution in [2.75, 3.05) is 27.4 Å². The molecule has 0 unspecified atom stereocenters. The van der Waals surface area contributed by atoms with E-state index in [1.807, 2.05) is 30.3 Å². The van der Waals surface area contributed by atoms with Gasteiger partial charge in [-0.3, -0.25) is 4.79 Å². The molecule has 0 saturated carbocycles. The van der Waals surface area contributed by atoms with Gasteiger partial charge < -0.3 is 24.3 Å². The van der Waals surface area contributed by atoms with E-state index in [9.17, 15) is 9.18 Å². The van der Waals surface area contributed by atoms with Crippen LogP contribution in [0.5, 0.6) is 23.0 Å². The van der Waals surface area contributed by atoms with Gasteiger partial charge in [0.05, 0.1) is 20.8 Å². The van der Waals surface area contributed by atoms with Gasteiger partial charge in [0.2, 0.25) is 5.75 Å². The Kier molecular flexibility index (Phi) is 7.70. The summed E-state index contributed by atoms with van der Waals surface area (Å²) in [6, 6.07) is 18.7. The molecule has 0 aromatic heterocycles. The minimum Gasteiger partial charge on any atom is -0.493 e. The Balaban J connectivity index is 1.63. The third kappa shape index (κ3) is 6.12. The summed E-state index contributed by atoms with van der Waals surface area (Å²) in [6.07, 6.45) is 0. The summed E-state index contributed by atoms with van der Waals surface area (Å²) >= 11 is 0. The SMILES string of the molecule is COc1cc(C(=O)NCCOc2cccc(F)c2)cc(OC)c1OCc1ccccc1. The number of carbonyl (C=O) groups is 1. The fourth-order valence-corrected chi connectivity index (χ4v) is 2.88. The Bertz CT molecular complexity index is 985. The van der Waals surface area contributed by atoms with E-state index in [4.69, 9.17) is 18.9 Å². The molecule has 0 radical (unpaired) electrons. The Hall–Kier alpha value is -3.74. The number of benzene rings is 3. The Morgan fingerprint density at radius 2 is 1.61 bits per heavy atom. The summed E-state index contributed by atoms with van der Waals surface area (Å²) in [5.74, 6) is 0.884. The Morgan fingerprint density at radius 3 is 2.26 bits per heavy atom. The van der Waals surface area contributed by atoms with Gasteiger partial charge in [-0.15, -0.1) is 0 Å². The summed E-state index contributed by atoms with van der Waals surface area (Å²) in [4.78, 5) is 12.6. The molecule has 3 rings (SSSR count). The Labute approximate surface area is 180 Å². The second-order valence-electron chi connectivity index (χ2n) is 6.55. The van der Waals surface area contributed by atoms with Crippen LogP contribution in [0, 0.1) is 5.82 Å². The maximum atomic E-state index is 13.2. The third-order valence-electron chi connectivity index (χ3n) is 4.40. The van der Waals surface area contributed by atoms with Crippen LogP contribution >= 0.6 is 0 Å². The van der Waals surface area contributed by atoms with Gasteiger partial charge in [0.1, 0.15) is 24.8 Å². The quantitative estimate of drug-likeness (QED) is 0.493. The number of hydrogen-bond donors (Lipinski definition) is 1. The lowest BCUT2D eigenvalue weighted by atomic mass is 10.1. The first-order valence-electron chi connectivity index (χ1n) is 9.70. The molecule has 6 nitrogen and oxygen atoms in total. The summed E-state index contributed by atoms with van der Waals surface area (Å²) in [5, 5.41) is 2.75. The fourth-order valence-electron chi connectivity index (χ4n) is 2.88. The zero-order valence-corrected chi connectivity index (χ0v) is 17.4. The molecule has 162 valence electrons. The number of rotatable bonds is 10. The molecular formula is C24H24FNO5. The first-order valence-corrected chi connectivity index (χ1v) is 9.70. The number of halogens is 1. The summed E-state index contributed by atoms with van der Waals surface area (Å²) in [6.45, 7) is 0.768. The molecule has 1 amide bonds. The van der Waals surface area contributed by atoms with E-state index < -0.39 is 0 Å². The first-order chi connectivity index (χ1) is 15.1. The minimum absolute atomic E-state index is 0.196. The summed E-state index contributed by atoms with van der Waals surface area (Å²) in [5.41, 5.74) is 1.35. The highest BCUT2D eigenvalue weighted by molar-refractivity contribution is 5.95. The topological polar surface area (TPSA) is 66.0 Å². The largest absolute Gasteiger partial charge is 0.493 e. The van der Waals surface area contributed by atoms with Gasteiger partial charge in [-0.2, -0.15) is 0 Å². The van der Waals surface area contributed by atoms with Crippen LogP contribution in [0.4, 0.5) is 4.39 Å². The van der Waals surface area contributed by atoms with Crippen molar-refractivity contribution >= 4 is 5.91 Å². The summed E-state index contributed by atoms with van der Waals surface area (Å²) < 4.78 is 35.3. The molecule has 0 spiro atoms. The van der Waals surface area contributed by atoms with Crippen molar-refractivity contribution in [1.82, 2.24) is 5.32 Å². The van der Waals surface area contributed by atoms with E-state index in [2.05, 4.69) is 5.32 Å². The highest BCUT2D eigenvalue weighted by Gasteiger charge is 2.18. The van der Waals surface area contributed by atoms with E-state index in [1.165, 1.54) is 26.4 Å². The molecule has 3 aromatic carbocycles. The highest BCUT2D eigenvalue weighted by atomic mass is 19.1. The zero-order valence-electron chi connectivity index (χ0n) is 17.4. The smallest absolute Gasteiger partial charge is 0.251 e. The molecule has 0 saturated heterocycles. The van der Waals surface area contributed by atoms with Crippen LogP contribution in [0.15, 0.2) is 66.7 Å². The number of carbonyl (C=O) groups excluding carboxylic acids is 1. The predicted molar refractivity (Wildman–Crippen MR) is 115 cm³/mol. The molecule has 0 aliphatic heterocycles. The van der Waals surface area contributed by atoms with Crippen LogP contribution in [-0.4, -0.2) is 33.3 Å². The highest BCUT2D eigenvalue weighted by Crippen LogP contribution is 2.39. The molecule has 31 heavy (non-hydrogen) atoms. The van der Waals surface area contributed by atoms with Crippen molar-refractivity contribution in [2.45, 2.75) is 6.61 Å². The number of hydrogen-bond acceptors (Lipinski definition) is 5. The number of ether oxygens (including phenoxy) is 4. The average Bonchev–Trinajstić information content (AvgIpc) is 2.80. The maximum Gasteiger partial charge on any atom is 0.251 e. The molecule has 3 aromatic rings. The van der Waals surface area contributed by atoms with Crippen molar-refractivity contribution in [2.24, 2.45) is 0 Å². The second kappa shape index (κ2) is 10.9. The van der Waals surface area contributed by atoms with Crippen LogP contribution in [-0.2, 0) is 6.61 Å². The molecule has 7 heteroatoms. The van der Waals surface area contributed by atoms with Gasteiger partial charge in [0.25, 0.3) is 5.91 Å². The number of nitrogens with one attached hydrogen (secondary N) is 1. The van der Waals surface area contributed by atoms with Crippen LogP contribution in [0.1, 0.15) is 15.9 Å². The number of methoxy groups -OCH3 is 2. The van der Waals surface area contributed by atoms with Crippen molar-refractivity contribution in [3.63, 3.8) is 0 Å². The minimum atomic E-state index is -0.379. The Morgan fingerprint density at radius 1 is 0.903 bits per heavy atom. The molecule has 0 bridgehead atoms. The lowest BCUT2D eigenvalue weighted by Gasteiger charge is -2.16. The zero-order chi connectivity index (χ0) is 22.1. The van der Waals surface area contributed by atoms with E-state index in [-0.39, 0.29) is 24.9 Å². The average molecular weight is 425 g/mol. The summed E-state index contributed by atoms with van der Waals surface area (Å²) in [7, 11) is 3.00. The van der Waals surface area contributed by atoms with Crippen LogP contribution in [0.25, 0.3) is 0 Å². The fraction of sp³-hybridized carbons (Fsp3) is 0.208. The molecule has 0 heterocycles. The van der Waals surface area contributed by atoms with Crippen molar-refractivity contribution < 1.29 is 28.1 Å². The normalized spacial score (nSPS) is 10.3. The van der Waals surface area contributed by atoms with E-state index in [1.54, 1.807) is 24.3 Å². The van der Waals surface area contributed by atoms with Gasteiger partial charge in [-0.25, -0.2) is 4.39 Å². The molecular weight excluding hydrogens is 401 g/mol. The van der Waals surface area contributed by atoms with E-state index in [0.717, 1.165) is 5.56 Å². The third-order valence-corrected chi connectivity index (χ3v) is 4.40. The van der Waals surface area contributed by atoms with Crippen LogP contribution in [0.2, 0.25) is 0 Å². The van der Waals surface area contributed by atoms with Gasteiger partial charge >= 0.3 is 0 Å². The van der Waals surface area contributed by atoms with Crippen LogP contribution < -0.4 is 24.3 Å². The predicted octanol–water partition coefficient (Wildman–Crippen LogP) is 4.23. The molecule has 0 fully saturated rings. The second-order valence-corrected chi connectivity index (χ2v) is 6.55. The molecule has 1 N–H and O–H groups in total. The van der Waals surface area contributed by atoms with Gasteiger partial charge in [-0.05, 0) is 29.8 Å². The number of amides is 1. The molecule has 0 aliphatic rings. The molecule has 0 aliphatic carbocycles. The lowest BCUT2D eigenvalue weighted by Crippen LogP contribution is -2.28. The standard InChI is InChI=1S/C24H24FNO5/c1-28-21-13-18(24(27)26-11-12-30-20-10-6-9-19(25)15-20)14-22(29-2)23(21)31-16-17-7-4-3-5-8-17/h3-10,13-15H,11-12,16H2,1-2H3,(H,26,27). The monoisotopic (exact) mass is 425 g/mol. The van der Waals surface area contributed by atoms with E-state index >= 15 is 0 Å². The van der Waals surface area contributed by atoms with Crippen LogP contribution in [0.3, 0.4) is 0 Å². The van der Waals surface area contributed by atoms with E-state index in [0.29, 0.717) is 35.2 Å². The van der Waals surface area contributed by atoms with Gasteiger partial charge in [0.15, 0.2) is 11.5 Å². The lowest BCUT2D eigenvalue weighted by molar-refractivity contribution is 0.0946. The first kappa shape index (κ1) is 22.0. The molecule has 0 atom stereocenters. The van der Waals surface area contributed by atoms with Gasteiger partial charge in [0, 0.05) is 11.6 Å². The maximum absolute atomic E-state index is 13.2.